The van der Waals surface area contributed by atoms with Crippen molar-refractivity contribution in [2.24, 2.45) is 0 Å². The molecular weight excluding hydrogens is 248 g/mol. The molecule has 108 valence electrons. The van der Waals surface area contributed by atoms with Gasteiger partial charge in [-0.2, -0.15) is 5.10 Å². The first kappa shape index (κ1) is 14.7. The van der Waals surface area contributed by atoms with E-state index in [0.717, 1.165) is 38.0 Å². The van der Waals surface area contributed by atoms with Crippen LogP contribution in [-0.4, -0.2) is 27.9 Å². The topological polar surface area (TPSA) is 42.7 Å². The Hall–Kier alpha value is -1.68. The van der Waals surface area contributed by atoms with Gasteiger partial charge in [0, 0.05) is 18.1 Å². The van der Waals surface area contributed by atoms with Gasteiger partial charge in [0.25, 0.3) is 0 Å². The summed E-state index contributed by atoms with van der Waals surface area (Å²) in [7, 11) is 0. The van der Waals surface area contributed by atoms with E-state index in [1.807, 2.05) is 24.5 Å². The van der Waals surface area contributed by atoms with Gasteiger partial charge in [0.2, 0.25) is 0 Å². The molecule has 0 aromatic carbocycles. The Balaban J connectivity index is 2.38. The standard InChI is InChI=1S/C16H24N4/c1-4-15-14(9-12-17-6-3)16(5-2)20(19-15)13-7-10-18-11-8-13/h7-8,10-11,17H,4-6,9,12H2,1-3H3. The maximum atomic E-state index is 4.81. The second-order valence-electron chi connectivity index (χ2n) is 4.80. The molecule has 0 aliphatic heterocycles. The maximum absolute atomic E-state index is 4.81. The van der Waals surface area contributed by atoms with Crippen molar-refractivity contribution >= 4 is 0 Å². The predicted octanol–water partition coefficient (Wildman–Crippen LogP) is 2.54. The minimum Gasteiger partial charge on any atom is -0.317 e. The summed E-state index contributed by atoms with van der Waals surface area (Å²) in [6, 6.07) is 4.03. The average molecular weight is 272 g/mol. The minimum atomic E-state index is 0.979. The quantitative estimate of drug-likeness (QED) is 0.788. The monoisotopic (exact) mass is 272 g/mol. The van der Waals surface area contributed by atoms with E-state index >= 15 is 0 Å². The SMILES string of the molecule is CCNCCc1c(CC)nn(-c2ccncc2)c1CC. The van der Waals surface area contributed by atoms with Crippen molar-refractivity contribution in [1.82, 2.24) is 20.1 Å². The molecule has 2 aromatic rings. The van der Waals surface area contributed by atoms with E-state index in [2.05, 4.69) is 35.8 Å². The lowest BCUT2D eigenvalue weighted by atomic mass is 10.1. The van der Waals surface area contributed by atoms with Crippen LogP contribution in [0.5, 0.6) is 0 Å². The fourth-order valence-corrected chi connectivity index (χ4v) is 2.56. The van der Waals surface area contributed by atoms with E-state index in [0.29, 0.717) is 0 Å². The van der Waals surface area contributed by atoms with Crippen molar-refractivity contribution in [2.75, 3.05) is 13.1 Å². The number of nitrogens with one attached hydrogen (secondary N) is 1. The summed E-state index contributed by atoms with van der Waals surface area (Å²) in [5.41, 5.74) is 5.05. The second-order valence-corrected chi connectivity index (χ2v) is 4.80. The van der Waals surface area contributed by atoms with Crippen LogP contribution in [0.25, 0.3) is 5.69 Å². The minimum absolute atomic E-state index is 0.979. The zero-order valence-electron chi connectivity index (χ0n) is 12.7. The Morgan fingerprint density at radius 3 is 2.45 bits per heavy atom. The number of likely N-dealkylation sites (N-methyl/N-ethyl adjacent to an activating group) is 1. The van der Waals surface area contributed by atoms with Crippen LogP contribution in [0.4, 0.5) is 0 Å². The maximum Gasteiger partial charge on any atom is 0.0679 e. The number of nitrogens with zero attached hydrogens (tertiary/aromatic N) is 3. The number of pyridine rings is 1. The summed E-state index contributed by atoms with van der Waals surface area (Å²) in [5, 5.41) is 8.21. The van der Waals surface area contributed by atoms with Crippen LogP contribution in [0.2, 0.25) is 0 Å². The molecule has 4 nitrogen and oxygen atoms in total. The Morgan fingerprint density at radius 1 is 1.10 bits per heavy atom. The Bertz CT molecular complexity index is 531. The molecule has 0 saturated carbocycles. The Labute approximate surface area is 121 Å². The van der Waals surface area contributed by atoms with Gasteiger partial charge in [-0.25, -0.2) is 4.68 Å². The lowest BCUT2D eigenvalue weighted by Crippen LogP contribution is -2.17. The van der Waals surface area contributed by atoms with Gasteiger partial charge >= 0.3 is 0 Å². The molecule has 2 aromatic heterocycles. The number of hydrogen-bond donors (Lipinski definition) is 1. The largest absolute Gasteiger partial charge is 0.317 e. The van der Waals surface area contributed by atoms with Gasteiger partial charge in [0.1, 0.15) is 0 Å². The van der Waals surface area contributed by atoms with E-state index in [-0.39, 0.29) is 0 Å². The molecule has 0 aliphatic rings. The number of aromatic nitrogens is 3. The van der Waals surface area contributed by atoms with Crippen molar-refractivity contribution in [3.8, 4) is 5.69 Å². The molecule has 0 aliphatic carbocycles. The summed E-state index contributed by atoms with van der Waals surface area (Å²) in [5.74, 6) is 0. The Kier molecular flexibility index (Phi) is 5.30. The van der Waals surface area contributed by atoms with Gasteiger partial charge in [-0.1, -0.05) is 20.8 Å². The molecular formula is C16H24N4. The smallest absolute Gasteiger partial charge is 0.0679 e. The van der Waals surface area contributed by atoms with Crippen LogP contribution in [0, 0.1) is 0 Å². The van der Waals surface area contributed by atoms with E-state index in [1.54, 1.807) is 0 Å². The summed E-state index contributed by atoms with van der Waals surface area (Å²) < 4.78 is 2.09. The van der Waals surface area contributed by atoms with Crippen molar-refractivity contribution in [1.29, 1.82) is 0 Å². The molecule has 0 unspecified atom stereocenters. The van der Waals surface area contributed by atoms with E-state index in [1.165, 1.54) is 17.0 Å². The van der Waals surface area contributed by atoms with Gasteiger partial charge in [0.05, 0.1) is 11.4 Å². The normalized spacial score (nSPS) is 10.9. The molecule has 4 heteroatoms. The van der Waals surface area contributed by atoms with Crippen molar-refractivity contribution in [2.45, 2.75) is 40.0 Å². The molecule has 1 N–H and O–H groups in total. The highest BCUT2D eigenvalue weighted by molar-refractivity contribution is 5.37. The van der Waals surface area contributed by atoms with Gasteiger partial charge in [-0.3, -0.25) is 4.98 Å². The second kappa shape index (κ2) is 7.20. The number of aryl methyl sites for hydroxylation is 1. The van der Waals surface area contributed by atoms with Crippen molar-refractivity contribution < 1.29 is 0 Å². The summed E-state index contributed by atoms with van der Waals surface area (Å²) in [6.45, 7) is 8.54. The van der Waals surface area contributed by atoms with Crippen LogP contribution in [-0.2, 0) is 19.3 Å². The highest BCUT2D eigenvalue weighted by Gasteiger charge is 2.15. The first-order chi connectivity index (χ1) is 9.81. The highest BCUT2D eigenvalue weighted by atomic mass is 15.3. The summed E-state index contributed by atoms with van der Waals surface area (Å²) >= 11 is 0. The van der Waals surface area contributed by atoms with E-state index in [9.17, 15) is 0 Å². The lowest BCUT2D eigenvalue weighted by Gasteiger charge is -2.08. The Morgan fingerprint density at radius 2 is 1.85 bits per heavy atom. The summed E-state index contributed by atoms with van der Waals surface area (Å²) in [6.07, 6.45) is 6.66. The zero-order chi connectivity index (χ0) is 14.4. The van der Waals surface area contributed by atoms with Gasteiger partial charge in [-0.05, 0) is 50.0 Å². The molecule has 0 amide bonds. The molecule has 0 atom stereocenters. The highest BCUT2D eigenvalue weighted by Crippen LogP contribution is 2.20. The molecule has 0 bridgehead atoms. The lowest BCUT2D eigenvalue weighted by molar-refractivity contribution is 0.709. The molecule has 0 fully saturated rings. The van der Waals surface area contributed by atoms with E-state index < -0.39 is 0 Å². The van der Waals surface area contributed by atoms with Crippen LogP contribution < -0.4 is 5.32 Å². The molecule has 0 radical (unpaired) electrons. The zero-order valence-corrected chi connectivity index (χ0v) is 12.7. The van der Waals surface area contributed by atoms with Crippen molar-refractivity contribution in [3.63, 3.8) is 0 Å². The summed E-state index contributed by atoms with van der Waals surface area (Å²) in [4.78, 5) is 4.09. The van der Waals surface area contributed by atoms with Crippen LogP contribution in [0.1, 0.15) is 37.7 Å². The first-order valence-corrected chi connectivity index (χ1v) is 7.52. The first-order valence-electron chi connectivity index (χ1n) is 7.52. The molecule has 20 heavy (non-hydrogen) atoms. The third-order valence-electron chi connectivity index (χ3n) is 3.55. The number of rotatable bonds is 7. The number of hydrogen-bond acceptors (Lipinski definition) is 3. The third kappa shape index (κ3) is 3.07. The molecule has 2 rings (SSSR count). The average Bonchev–Trinajstić information content (AvgIpc) is 2.86. The fraction of sp³-hybridized carbons (Fsp3) is 0.500. The van der Waals surface area contributed by atoms with Crippen molar-refractivity contribution in [3.05, 3.63) is 41.5 Å². The molecule has 0 saturated heterocycles. The third-order valence-corrected chi connectivity index (χ3v) is 3.55. The van der Waals surface area contributed by atoms with Gasteiger partial charge in [-0.15, -0.1) is 0 Å². The van der Waals surface area contributed by atoms with Crippen LogP contribution in [0.15, 0.2) is 24.5 Å². The molecule has 2 heterocycles. The van der Waals surface area contributed by atoms with Crippen LogP contribution in [0.3, 0.4) is 0 Å². The van der Waals surface area contributed by atoms with Gasteiger partial charge in [0.15, 0.2) is 0 Å². The van der Waals surface area contributed by atoms with Gasteiger partial charge < -0.3 is 5.32 Å². The van der Waals surface area contributed by atoms with E-state index in [4.69, 9.17) is 5.10 Å². The molecule has 0 spiro atoms. The predicted molar refractivity (Wildman–Crippen MR) is 82.4 cm³/mol. The van der Waals surface area contributed by atoms with Crippen LogP contribution >= 0.6 is 0 Å². The fourth-order valence-electron chi connectivity index (χ4n) is 2.56.